The van der Waals surface area contributed by atoms with Crippen molar-refractivity contribution >= 4 is 17.5 Å². The number of nitrogens with zero attached hydrogens (tertiary/aromatic N) is 4. The molecule has 2 saturated heterocycles. The monoisotopic (exact) mass is 326 g/mol. The van der Waals surface area contributed by atoms with Gasteiger partial charge in [0.05, 0.1) is 16.8 Å². The number of hydrogen-bond acceptors (Lipinski definition) is 6. The smallest absolute Gasteiger partial charge is 0.235 e. The van der Waals surface area contributed by atoms with Crippen LogP contribution >= 0.6 is 0 Å². The third-order valence-electron chi connectivity index (χ3n) is 4.54. The van der Waals surface area contributed by atoms with Gasteiger partial charge in [0.15, 0.2) is 11.3 Å². The average molecular weight is 326 g/mol. The standard InChI is InChI=1S/C16H18N6O2/c1-21-15-10(2-4-12(18-15)22-8-6-17-7-9-22)14(20-21)11-3-5-13(23)19-16(11)24/h11,17H,3,5-9H2,1H3,(H,19,23,24). The van der Waals surface area contributed by atoms with Crippen molar-refractivity contribution in [2.45, 2.75) is 18.8 Å². The van der Waals surface area contributed by atoms with E-state index in [-0.39, 0.29) is 11.8 Å². The van der Waals surface area contributed by atoms with E-state index >= 15 is 0 Å². The molecule has 24 heavy (non-hydrogen) atoms. The number of aromatic nitrogens is 2. The molecule has 1 unspecified atom stereocenters. The first-order valence-corrected chi connectivity index (χ1v) is 8.10. The predicted molar refractivity (Wildman–Crippen MR) is 84.0 cm³/mol. The van der Waals surface area contributed by atoms with Crippen molar-refractivity contribution in [3.63, 3.8) is 0 Å². The number of piperazine rings is 1. The van der Waals surface area contributed by atoms with E-state index in [9.17, 15) is 9.59 Å². The van der Waals surface area contributed by atoms with Gasteiger partial charge < -0.3 is 10.2 Å². The maximum Gasteiger partial charge on any atom is 0.235 e. The highest BCUT2D eigenvalue weighted by molar-refractivity contribution is 6.00. The molecule has 2 amide bonds. The second-order valence-corrected chi connectivity index (χ2v) is 6.13. The molecule has 0 saturated carbocycles. The van der Waals surface area contributed by atoms with Crippen LogP contribution in [0, 0.1) is 0 Å². The Morgan fingerprint density at radius 3 is 2.75 bits per heavy atom. The van der Waals surface area contributed by atoms with Crippen LogP contribution in [0.25, 0.3) is 5.73 Å². The minimum atomic E-state index is -0.442. The van der Waals surface area contributed by atoms with Gasteiger partial charge in [-0.15, -0.1) is 0 Å². The van der Waals surface area contributed by atoms with Gasteiger partial charge in [0.1, 0.15) is 0 Å². The first-order chi connectivity index (χ1) is 11.6. The Hall–Kier alpha value is -2.66. The number of carbonyl (C=O) groups is 2. The maximum atomic E-state index is 12.1. The molecule has 0 radical (unpaired) electrons. The highest BCUT2D eigenvalue weighted by atomic mass is 16.2. The quantitative estimate of drug-likeness (QED) is 0.478. The Balaban J connectivity index is 1.77. The lowest BCUT2D eigenvalue weighted by Gasteiger charge is -2.28. The third-order valence-corrected chi connectivity index (χ3v) is 4.54. The fourth-order valence-electron chi connectivity index (χ4n) is 3.25. The summed E-state index contributed by atoms with van der Waals surface area (Å²) in [4.78, 5) is 30.3. The second-order valence-electron chi connectivity index (χ2n) is 6.13. The Labute approximate surface area is 138 Å². The molecule has 0 aromatic carbocycles. The van der Waals surface area contributed by atoms with Gasteiger partial charge >= 0.3 is 0 Å². The van der Waals surface area contributed by atoms with E-state index in [0.717, 1.165) is 32.0 Å². The molecular formula is C16H18N6O2. The van der Waals surface area contributed by atoms with E-state index in [2.05, 4.69) is 37.1 Å². The Kier molecular flexibility index (Phi) is 3.58. The van der Waals surface area contributed by atoms with Crippen molar-refractivity contribution in [3.05, 3.63) is 28.0 Å². The number of piperidine rings is 1. The summed E-state index contributed by atoms with van der Waals surface area (Å²) in [6.45, 7) is 3.59. The largest absolute Gasteiger partial charge is 0.347 e. The highest BCUT2D eigenvalue weighted by Crippen LogP contribution is 2.20. The van der Waals surface area contributed by atoms with Gasteiger partial charge in [-0.25, -0.2) is 9.67 Å². The fourth-order valence-corrected chi connectivity index (χ4v) is 3.25. The summed E-state index contributed by atoms with van der Waals surface area (Å²) in [6, 6.07) is 0. The van der Waals surface area contributed by atoms with Crippen LogP contribution in [0.1, 0.15) is 24.5 Å². The molecule has 1 atom stereocenters. The zero-order valence-electron chi connectivity index (χ0n) is 13.4. The van der Waals surface area contributed by atoms with Crippen LogP contribution in [-0.2, 0) is 16.6 Å². The lowest BCUT2D eigenvalue weighted by molar-refractivity contribution is -0.134. The molecule has 4 heterocycles. The molecule has 8 nitrogen and oxygen atoms in total. The van der Waals surface area contributed by atoms with Crippen molar-refractivity contribution in [1.29, 1.82) is 0 Å². The Morgan fingerprint density at radius 2 is 2.00 bits per heavy atom. The van der Waals surface area contributed by atoms with Crippen molar-refractivity contribution in [2.75, 3.05) is 26.2 Å². The number of hydrogen-bond donors (Lipinski definition) is 2. The molecule has 3 aliphatic rings. The van der Waals surface area contributed by atoms with Crippen molar-refractivity contribution in [1.82, 2.24) is 25.3 Å². The van der Waals surface area contributed by atoms with Crippen LogP contribution in [-0.4, -0.2) is 52.7 Å². The maximum absolute atomic E-state index is 12.1. The predicted octanol–water partition coefficient (Wildman–Crippen LogP) is -2.15. The fraction of sp³-hybridized carbons (Fsp3) is 0.500. The summed E-state index contributed by atoms with van der Waals surface area (Å²) >= 11 is 0. The Bertz CT molecular complexity index is 911. The van der Waals surface area contributed by atoms with E-state index in [0.29, 0.717) is 29.2 Å². The van der Waals surface area contributed by atoms with E-state index in [1.165, 1.54) is 0 Å². The van der Waals surface area contributed by atoms with Crippen LogP contribution in [0.15, 0.2) is 16.5 Å². The van der Waals surface area contributed by atoms with Crippen LogP contribution in [0.5, 0.6) is 0 Å². The molecular weight excluding hydrogens is 308 g/mol. The number of amides is 2. The SMILES string of the molecule is Cn1nc(C2CCC(=O)NC2=O)c2c1=NC(N1CCNCC1)=C=C=2. The van der Waals surface area contributed by atoms with Crippen LogP contribution in [0.4, 0.5) is 0 Å². The third kappa shape index (κ3) is 2.47. The summed E-state index contributed by atoms with van der Waals surface area (Å²) < 4.78 is 1.67. The molecule has 4 rings (SSSR count). The highest BCUT2D eigenvalue weighted by Gasteiger charge is 2.31. The van der Waals surface area contributed by atoms with Gasteiger partial charge in [-0.05, 0) is 12.2 Å². The Morgan fingerprint density at radius 1 is 1.21 bits per heavy atom. The van der Waals surface area contributed by atoms with Gasteiger partial charge in [-0.1, -0.05) is 5.73 Å². The van der Waals surface area contributed by atoms with Gasteiger partial charge in [0.25, 0.3) is 0 Å². The van der Waals surface area contributed by atoms with Gasteiger partial charge in [-0.3, -0.25) is 14.9 Å². The normalized spacial score (nSPS) is 23.1. The molecule has 0 bridgehead atoms. The topological polar surface area (TPSA) is 91.6 Å². The van der Waals surface area contributed by atoms with E-state index in [1.807, 2.05) is 0 Å². The molecule has 0 spiro atoms. The van der Waals surface area contributed by atoms with Crippen LogP contribution in [0.2, 0.25) is 0 Å². The molecule has 2 fully saturated rings. The van der Waals surface area contributed by atoms with E-state index in [4.69, 9.17) is 0 Å². The molecule has 1 aromatic heterocycles. The number of nitrogens with one attached hydrogen (secondary N) is 2. The summed E-state index contributed by atoms with van der Waals surface area (Å²) in [5.74, 6) is -0.221. The first-order valence-electron chi connectivity index (χ1n) is 8.10. The average Bonchev–Trinajstić information content (AvgIpc) is 2.92. The van der Waals surface area contributed by atoms with E-state index in [1.54, 1.807) is 11.7 Å². The van der Waals surface area contributed by atoms with Crippen molar-refractivity contribution < 1.29 is 9.59 Å². The van der Waals surface area contributed by atoms with Gasteiger partial charge in [0.2, 0.25) is 11.8 Å². The molecule has 1 aromatic rings. The summed E-state index contributed by atoms with van der Waals surface area (Å²) in [5, 5.41) is 10.9. The van der Waals surface area contributed by atoms with Gasteiger partial charge in [0, 0.05) is 39.6 Å². The minimum absolute atomic E-state index is 0.230. The zero-order valence-corrected chi connectivity index (χ0v) is 13.4. The summed E-state index contributed by atoms with van der Waals surface area (Å²) in [5.41, 5.74) is 7.55. The van der Waals surface area contributed by atoms with Crippen molar-refractivity contribution in [3.8, 4) is 0 Å². The zero-order chi connectivity index (χ0) is 16.7. The number of rotatable bonds is 2. The van der Waals surface area contributed by atoms with Crippen LogP contribution in [0.3, 0.4) is 0 Å². The number of carbonyl (C=O) groups excluding carboxylic acids is 2. The molecule has 3 aliphatic heterocycles. The first kappa shape index (κ1) is 14.9. The molecule has 0 aliphatic carbocycles. The number of imide groups is 1. The van der Waals surface area contributed by atoms with Crippen molar-refractivity contribution in [2.24, 2.45) is 12.0 Å². The van der Waals surface area contributed by atoms with E-state index < -0.39 is 5.92 Å². The molecule has 124 valence electrons. The number of aryl methyl sites for hydroxylation is 1. The molecule has 2 N–H and O–H groups in total. The van der Waals surface area contributed by atoms with Crippen LogP contribution < -0.4 is 21.3 Å². The van der Waals surface area contributed by atoms with Gasteiger partial charge in [-0.2, -0.15) is 5.10 Å². The lowest BCUT2D eigenvalue weighted by Crippen LogP contribution is -2.44. The summed E-state index contributed by atoms with van der Waals surface area (Å²) in [6.07, 6.45) is 0.786. The number of fused-ring (bicyclic) bond motifs is 1. The second kappa shape index (κ2) is 5.76. The summed E-state index contributed by atoms with van der Waals surface area (Å²) in [7, 11) is 1.81. The molecule has 8 heteroatoms. The lowest BCUT2D eigenvalue weighted by atomic mass is 9.94. The minimum Gasteiger partial charge on any atom is -0.347 e.